The van der Waals surface area contributed by atoms with Gasteiger partial charge in [0.1, 0.15) is 0 Å². The van der Waals surface area contributed by atoms with Crippen LogP contribution in [0, 0.1) is 6.92 Å². The van der Waals surface area contributed by atoms with E-state index in [1.807, 2.05) is 6.92 Å². The van der Waals surface area contributed by atoms with Crippen LogP contribution in [0.25, 0.3) is 0 Å². The second-order valence-electron chi connectivity index (χ2n) is 2.29. The second-order valence-corrected chi connectivity index (χ2v) is 3.71. The van der Waals surface area contributed by atoms with Crippen molar-refractivity contribution >= 4 is 59.0 Å². The van der Waals surface area contributed by atoms with E-state index in [1.165, 1.54) is 12.1 Å². The van der Waals surface area contributed by atoms with Crippen LogP contribution >= 0.6 is 0 Å². The van der Waals surface area contributed by atoms with Gasteiger partial charge in [-0.2, -0.15) is 8.42 Å². The van der Waals surface area contributed by atoms with E-state index in [0.717, 1.165) is 5.56 Å². The van der Waals surface area contributed by atoms with Gasteiger partial charge in [0.25, 0.3) is 10.1 Å². The van der Waals surface area contributed by atoms with Crippen LogP contribution in [0.2, 0.25) is 0 Å². The molecule has 0 saturated carbocycles. The maximum absolute atomic E-state index is 10.5. The summed E-state index contributed by atoms with van der Waals surface area (Å²) in [6.07, 6.45) is 0. The Kier molecular flexibility index (Phi) is 5.08. The van der Waals surface area contributed by atoms with Gasteiger partial charge in [-0.25, -0.2) is 0 Å². The average molecular weight is 310 g/mol. The quantitative estimate of drug-likeness (QED) is 0.618. The van der Waals surface area contributed by atoms with Gasteiger partial charge in [-0.15, -0.1) is 0 Å². The molecule has 62 valence electrons. The van der Waals surface area contributed by atoms with Gasteiger partial charge in [0, 0.05) is 48.9 Å². The molecule has 1 aromatic carbocycles. The summed E-state index contributed by atoms with van der Waals surface area (Å²) in [5.41, 5.74) is 0.956. The predicted octanol–water partition coefficient (Wildman–Crippen LogP) is 0.861. The van der Waals surface area contributed by atoms with Gasteiger partial charge < -0.3 is 0 Å². The number of hydrogen-bond donors (Lipinski definition) is 1. The van der Waals surface area contributed by atoms with E-state index in [9.17, 15) is 8.42 Å². The van der Waals surface area contributed by atoms with E-state index in [-0.39, 0.29) is 53.8 Å². The minimum Gasteiger partial charge on any atom is -0.282 e. The molecule has 0 aliphatic rings. The second kappa shape index (κ2) is 4.80. The normalized spacial score (nSPS) is 10.5. The van der Waals surface area contributed by atoms with Crippen LogP contribution in [0.15, 0.2) is 29.2 Å². The van der Waals surface area contributed by atoms with Crippen LogP contribution in [-0.2, 0) is 10.1 Å². The van der Waals surface area contributed by atoms with Gasteiger partial charge >= 0.3 is 0 Å². The van der Waals surface area contributed by atoms with Crippen LogP contribution < -0.4 is 0 Å². The maximum atomic E-state index is 10.5. The molecule has 0 aliphatic heterocycles. The first-order chi connectivity index (χ1) is 5.00. The van der Waals surface area contributed by atoms with Gasteiger partial charge in [-0.05, 0) is 19.1 Å². The Morgan fingerprint density at radius 3 is 1.92 bits per heavy atom. The van der Waals surface area contributed by atoms with Crippen molar-refractivity contribution in [1.29, 1.82) is 0 Å². The maximum Gasteiger partial charge on any atom is 0.294 e. The Hall–Kier alpha value is 0.701. The van der Waals surface area contributed by atoms with E-state index >= 15 is 0 Å². The topological polar surface area (TPSA) is 54.4 Å². The molecule has 1 aromatic rings. The zero-order valence-electron chi connectivity index (χ0n) is 6.69. The molecule has 0 fully saturated rings. The summed E-state index contributed by atoms with van der Waals surface area (Å²) in [4.78, 5) is -0.0666. The SMILES string of the molecule is Cc1ccc(S(=O)(=O)O)cc1.[Ba]. The number of benzene rings is 1. The summed E-state index contributed by atoms with van der Waals surface area (Å²) in [5.74, 6) is 0. The van der Waals surface area contributed by atoms with E-state index in [0.29, 0.717) is 0 Å². The predicted molar refractivity (Wildman–Crippen MR) is 46.7 cm³/mol. The van der Waals surface area contributed by atoms with Crippen molar-refractivity contribution < 1.29 is 13.0 Å². The van der Waals surface area contributed by atoms with Gasteiger partial charge in [0.05, 0.1) is 4.90 Å². The molecular formula is C7H8BaO3S. The fourth-order valence-corrected chi connectivity index (χ4v) is 1.19. The summed E-state index contributed by atoms with van der Waals surface area (Å²) >= 11 is 0. The summed E-state index contributed by atoms with van der Waals surface area (Å²) < 4.78 is 29.6. The van der Waals surface area contributed by atoms with Gasteiger partial charge in [0.15, 0.2) is 0 Å². The van der Waals surface area contributed by atoms with Crippen molar-refractivity contribution in [3.63, 3.8) is 0 Å². The molecule has 0 aromatic heterocycles. The molecule has 0 spiro atoms. The fraction of sp³-hybridized carbons (Fsp3) is 0.143. The Balaban J connectivity index is 0.00000121. The molecule has 12 heavy (non-hydrogen) atoms. The van der Waals surface area contributed by atoms with Gasteiger partial charge in [-0.1, -0.05) is 17.7 Å². The van der Waals surface area contributed by atoms with Crippen molar-refractivity contribution in [2.24, 2.45) is 0 Å². The molecule has 0 bridgehead atoms. The summed E-state index contributed by atoms with van der Waals surface area (Å²) in [7, 11) is -4.02. The average Bonchev–Trinajstić information content (AvgIpc) is 1.86. The molecule has 3 nitrogen and oxygen atoms in total. The summed E-state index contributed by atoms with van der Waals surface area (Å²) in [6.45, 7) is 1.84. The zero-order valence-corrected chi connectivity index (χ0v) is 11.9. The van der Waals surface area contributed by atoms with Gasteiger partial charge in [0.2, 0.25) is 0 Å². The summed E-state index contributed by atoms with van der Waals surface area (Å²) in [5, 5.41) is 0. The third-order valence-corrected chi connectivity index (χ3v) is 2.19. The first kappa shape index (κ1) is 12.7. The fourth-order valence-electron chi connectivity index (χ4n) is 0.710. The minimum atomic E-state index is -4.02. The first-order valence-electron chi connectivity index (χ1n) is 3.04. The Labute approximate surface area is 112 Å². The van der Waals surface area contributed by atoms with Crippen molar-refractivity contribution in [3.8, 4) is 0 Å². The van der Waals surface area contributed by atoms with Crippen LogP contribution in [0.3, 0.4) is 0 Å². The van der Waals surface area contributed by atoms with Crippen molar-refractivity contribution in [2.75, 3.05) is 0 Å². The third-order valence-electron chi connectivity index (χ3n) is 1.32. The molecule has 0 aliphatic carbocycles. The van der Waals surface area contributed by atoms with E-state index in [4.69, 9.17) is 4.55 Å². The summed E-state index contributed by atoms with van der Waals surface area (Å²) in [6, 6.07) is 5.99. The molecule has 0 heterocycles. The molecule has 5 heteroatoms. The zero-order chi connectivity index (χ0) is 8.48. The standard InChI is InChI=1S/C7H8O3S.Ba/c1-6-2-4-7(5-3-6)11(8,9)10;/h2-5H,1H3,(H,8,9,10);. The van der Waals surface area contributed by atoms with Crippen molar-refractivity contribution in [3.05, 3.63) is 29.8 Å². The van der Waals surface area contributed by atoms with Crippen molar-refractivity contribution in [1.82, 2.24) is 0 Å². The largest absolute Gasteiger partial charge is 0.294 e. The number of hydrogen-bond acceptors (Lipinski definition) is 2. The van der Waals surface area contributed by atoms with Crippen molar-refractivity contribution in [2.45, 2.75) is 11.8 Å². The molecule has 0 amide bonds. The molecule has 0 saturated heterocycles. The van der Waals surface area contributed by atoms with E-state index in [2.05, 4.69) is 0 Å². The third kappa shape index (κ3) is 3.61. The molecule has 1 N–H and O–H groups in total. The van der Waals surface area contributed by atoms with Crippen LogP contribution in [-0.4, -0.2) is 61.9 Å². The van der Waals surface area contributed by atoms with E-state index in [1.54, 1.807) is 12.1 Å². The number of rotatable bonds is 1. The Bertz CT molecular complexity index is 341. The molecule has 1 rings (SSSR count). The smallest absolute Gasteiger partial charge is 0.282 e. The van der Waals surface area contributed by atoms with Crippen LogP contribution in [0.1, 0.15) is 5.56 Å². The number of aryl methyl sites for hydroxylation is 1. The van der Waals surface area contributed by atoms with E-state index < -0.39 is 10.1 Å². The minimum absolute atomic E-state index is 0. The first-order valence-corrected chi connectivity index (χ1v) is 4.48. The van der Waals surface area contributed by atoms with Crippen LogP contribution in [0.5, 0.6) is 0 Å². The molecule has 0 unspecified atom stereocenters. The molecule has 0 atom stereocenters. The molecular weight excluding hydrogens is 301 g/mol. The monoisotopic (exact) mass is 310 g/mol. The Morgan fingerprint density at radius 1 is 1.17 bits per heavy atom. The van der Waals surface area contributed by atoms with Gasteiger partial charge in [-0.3, -0.25) is 4.55 Å². The van der Waals surface area contributed by atoms with Crippen LogP contribution in [0.4, 0.5) is 0 Å². The Morgan fingerprint density at radius 2 is 1.58 bits per heavy atom. The molecule has 2 radical (unpaired) electrons.